The van der Waals surface area contributed by atoms with Crippen molar-refractivity contribution >= 4 is 58.2 Å². The van der Waals surface area contributed by atoms with Crippen molar-refractivity contribution in [2.75, 3.05) is 12.4 Å². The highest BCUT2D eigenvalue weighted by atomic mass is 35.5. The molecular formula is C17H14Cl2N2O2S. The van der Waals surface area contributed by atoms with Gasteiger partial charge in [0.25, 0.3) is 0 Å². The van der Waals surface area contributed by atoms with Gasteiger partial charge in [0.2, 0.25) is 5.91 Å². The van der Waals surface area contributed by atoms with E-state index in [0.717, 1.165) is 5.56 Å². The zero-order valence-corrected chi connectivity index (χ0v) is 15.0. The molecule has 124 valence electrons. The van der Waals surface area contributed by atoms with E-state index in [2.05, 4.69) is 10.6 Å². The summed E-state index contributed by atoms with van der Waals surface area (Å²) in [7, 11) is 1.57. The van der Waals surface area contributed by atoms with Crippen LogP contribution < -0.4 is 15.4 Å². The fraction of sp³-hybridized carbons (Fsp3) is 0.0588. The molecule has 0 saturated carbocycles. The first-order chi connectivity index (χ1) is 11.5. The Morgan fingerprint density at radius 1 is 1.21 bits per heavy atom. The number of benzene rings is 2. The number of thiocarbonyl (C=S) groups is 1. The van der Waals surface area contributed by atoms with Gasteiger partial charge in [-0.15, -0.1) is 0 Å². The number of nitrogens with one attached hydrogen (secondary N) is 2. The van der Waals surface area contributed by atoms with Gasteiger partial charge >= 0.3 is 0 Å². The average Bonchev–Trinajstić information content (AvgIpc) is 2.55. The molecule has 2 N–H and O–H groups in total. The fourth-order valence-electron chi connectivity index (χ4n) is 1.87. The second-order valence-corrected chi connectivity index (χ2v) is 5.89. The van der Waals surface area contributed by atoms with Gasteiger partial charge in [0.05, 0.1) is 17.8 Å². The van der Waals surface area contributed by atoms with E-state index in [-0.39, 0.29) is 11.0 Å². The first-order valence-corrected chi connectivity index (χ1v) is 8.04. The number of halogens is 2. The van der Waals surface area contributed by atoms with E-state index >= 15 is 0 Å². The normalized spacial score (nSPS) is 10.5. The maximum Gasteiger partial charge on any atom is 0.250 e. The monoisotopic (exact) mass is 380 g/mol. The van der Waals surface area contributed by atoms with Crippen molar-refractivity contribution in [3.05, 3.63) is 64.1 Å². The summed E-state index contributed by atoms with van der Waals surface area (Å²) in [6.45, 7) is 0. The van der Waals surface area contributed by atoms with Gasteiger partial charge in [-0.05, 0) is 42.6 Å². The number of hydrogen-bond donors (Lipinski definition) is 2. The van der Waals surface area contributed by atoms with Crippen LogP contribution in [0.5, 0.6) is 5.75 Å². The molecule has 0 saturated heterocycles. The largest absolute Gasteiger partial charge is 0.496 e. The molecule has 2 aromatic carbocycles. The van der Waals surface area contributed by atoms with Crippen LogP contribution in [-0.2, 0) is 4.79 Å². The number of amides is 1. The predicted octanol–water partition coefficient (Wildman–Crippen LogP) is 4.53. The molecule has 0 spiro atoms. The van der Waals surface area contributed by atoms with Crippen molar-refractivity contribution in [2.24, 2.45) is 0 Å². The first kappa shape index (κ1) is 18.3. The number of methoxy groups -OCH3 is 1. The van der Waals surface area contributed by atoms with Crippen molar-refractivity contribution in [2.45, 2.75) is 0 Å². The molecule has 0 unspecified atom stereocenters. The predicted molar refractivity (Wildman–Crippen MR) is 103 cm³/mol. The lowest BCUT2D eigenvalue weighted by atomic mass is 10.2. The van der Waals surface area contributed by atoms with Crippen LogP contribution in [0.1, 0.15) is 5.56 Å². The van der Waals surface area contributed by atoms with E-state index in [4.69, 9.17) is 40.2 Å². The summed E-state index contributed by atoms with van der Waals surface area (Å²) in [5, 5.41) is 6.43. The van der Waals surface area contributed by atoms with E-state index < -0.39 is 0 Å². The lowest BCUT2D eigenvalue weighted by Gasteiger charge is -2.10. The van der Waals surface area contributed by atoms with E-state index in [1.54, 1.807) is 31.4 Å². The lowest BCUT2D eigenvalue weighted by Crippen LogP contribution is -2.32. The van der Waals surface area contributed by atoms with Crippen LogP contribution in [0.3, 0.4) is 0 Å². The highest BCUT2D eigenvalue weighted by molar-refractivity contribution is 7.80. The molecule has 7 heteroatoms. The molecule has 0 radical (unpaired) electrons. The average molecular weight is 381 g/mol. The van der Waals surface area contributed by atoms with Crippen LogP contribution in [0, 0.1) is 0 Å². The summed E-state index contributed by atoms with van der Waals surface area (Å²) in [6, 6.07) is 12.3. The summed E-state index contributed by atoms with van der Waals surface area (Å²) < 4.78 is 5.21. The highest BCUT2D eigenvalue weighted by Gasteiger charge is 2.06. The third-order valence-electron chi connectivity index (χ3n) is 2.97. The van der Waals surface area contributed by atoms with Crippen LogP contribution in [-0.4, -0.2) is 18.1 Å². The van der Waals surface area contributed by atoms with Crippen LogP contribution in [0.2, 0.25) is 10.0 Å². The summed E-state index contributed by atoms with van der Waals surface area (Å²) in [5.41, 5.74) is 1.34. The van der Waals surface area contributed by atoms with Gasteiger partial charge in [-0.2, -0.15) is 0 Å². The Morgan fingerprint density at radius 3 is 2.67 bits per heavy atom. The smallest absolute Gasteiger partial charge is 0.250 e. The maximum atomic E-state index is 11.9. The number of ether oxygens (including phenoxy) is 1. The van der Waals surface area contributed by atoms with Crippen molar-refractivity contribution in [3.8, 4) is 5.75 Å². The van der Waals surface area contributed by atoms with Gasteiger partial charge in [0, 0.05) is 16.7 Å². The molecule has 2 rings (SSSR count). The number of hydrogen-bond acceptors (Lipinski definition) is 3. The molecule has 0 fully saturated rings. The lowest BCUT2D eigenvalue weighted by molar-refractivity contribution is -0.115. The van der Waals surface area contributed by atoms with Crippen LogP contribution in [0.15, 0.2) is 48.5 Å². The summed E-state index contributed by atoms with van der Waals surface area (Å²) in [6.07, 6.45) is 3.02. The Labute approximate surface area is 155 Å². The van der Waals surface area contributed by atoms with E-state index in [9.17, 15) is 4.79 Å². The summed E-state index contributed by atoms with van der Waals surface area (Å²) in [4.78, 5) is 11.9. The van der Waals surface area contributed by atoms with Gasteiger partial charge in [-0.25, -0.2) is 0 Å². The molecular weight excluding hydrogens is 367 g/mol. The molecule has 4 nitrogen and oxygen atoms in total. The van der Waals surface area contributed by atoms with E-state index in [1.165, 1.54) is 6.08 Å². The number of anilines is 1. The quantitative estimate of drug-likeness (QED) is 0.604. The van der Waals surface area contributed by atoms with Crippen molar-refractivity contribution in [1.29, 1.82) is 0 Å². The van der Waals surface area contributed by atoms with Gasteiger partial charge in [0.15, 0.2) is 5.11 Å². The van der Waals surface area contributed by atoms with Gasteiger partial charge in [0.1, 0.15) is 5.75 Å². The molecule has 0 aliphatic carbocycles. The zero-order chi connectivity index (χ0) is 17.5. The highest BCUT2D eigenvalue weighted by Crippen LogP contribution is 2.25. The minimum atomic E-state index is -0.372. The minimum Gasteiger partial charge on any atom is -0.496 e. The molecule has 0 bridgehead atoms. The Bertz CT molecular complexity index is 794. The van der Waals surface area contributed by atoms with Crippen molar-refractivity contribution in [1.82, 2.24) is 5.32 Å². The standard InChI is InChI=1S/C17H14Cl2N2O2S/c1-23-15-5-3-2-4-11(15)6-9-16(22)21-17(24)20-14-8-7-12(18)10-13(14)19/h2-10H,1H3,(H2,20,21,22,24). The van der Waals surface area contributed by atoms with Crippen molar-refractivity contribution in [3.63, 3.8) is 0 Å². The summed E-state index contributed by atoms with van der Waals surface area (Å²) >= 11 is 17.0. The third kappa shape index (κ3) is 5.23. The summed E-state index contributed by atoms with van der Waals surface area (Å²) in [5.74, 6) is 0.304. The minimum absolute atomic E-state index is 0.133. The number of rotatable bonds is 4. The SMILES string of the molecule is COc1ccccc1C=CC(=O)NC(=S)Nc1ccc(Cl)cc1Cl. The molecule has 24 heavy (non-hydrogen) atoms. The Balaban J connectivity index is 1.96. The van der Waals surface area contributed by atoms with Gasteiger partial charge in [-0.1, -0.05) is 41.4 Å². The van der Waals surface area contributed by atoms with E-state index in [1.807, 2.05) is 24.3 Å². The molecule has 0 aliphatic rings. The van der Waals surface area contributed by atoms with Gasteiger partial charge in [-0.3, -0.25) is 10.1 Å². The molecule has 0 aliphatic heterocycles. The van der Waals surface area contributed by atoms with Crippen LogP contribution >= 0.6 is 35.4 Å². The Hall–Kier alpha value is -2.08. The topological polar surface area (TPSA) is 50.4 Å². The van der Waals surface area contributed by atoms with Crippen LogP contribution in [0.25, 0.3) is 6.08 Å². The first-order valence-electron chi connectivity index (χ1n) is 6.87. The zero-order valence-electron chi connectivity index (χ0n) is 12.7. The molecule has 1 amide bonds. The van der Waals surface area contributed by atoms with Crippen LogP contribution in [0.4, 0.5) is 5.69 Å². The molecule has 0 aromatic heterocycles. The number of carbonyl (C=O) groups excluding carboxylic acids is 1. The molecule has 0 atom stereocenters. The third-order valence-corrected chi connectivity index (χ3v) is 3.72. The Morgan fingerprint density at radius 2 is 1.96 bits per heavy atom. The van der Waals surface area contributed by atoms with Crippen molar-refractivity contribution < 1.29 is 9.53 Å². The second-order valence-electron chi connectivity index (χ2n) is 4.64. The van der Waals surface area contributed by atoms with E-state index in [0.29, 0.717) is 21.5 Å². The maximum absolute atomic E-state index is 11.9. The number of carbonyl (C=O) groups is 1. The van der Waals surface area contributed by atoms with Gasteiger partial charge < -0.3 is 10.1 Å². The molecule has 0 heterocycles. The Kier molecular flexibility index (Phi) is 6.61. The second kappa shape index (κ2) is 8.68. The molecule has 2 aromatic rings. The fourth-order valence-corrected chi connectivity index (χ4v) is 2.53. The number of para-hydroxylation sites is 1.